The molecule has 0 spiro atoms. The molecule has 1 amide bonds. The lowest BCUT2D eigenvalue weighted by atomic mass is 10.1. The molecular weight excluding hydrogens is 304 g/mol. The second-order valence-corrected chi connectivity index (χ2v) is 7.74. The van der Waals surface area contributed by atoms with Gasteiger partial charge in [-0.15, -0.1) is 0 Å². The third-order valence-electron chi connectivity index (χ3n) is 4.34. The summed E-state index contributed by atoms with van der Waals surface area (Å²) in [7, 11) is -3.42. The summed E-state index contributed by atoms with van der Waals surface area (Å²) >= 11 is 0. The van der Waals surface area contributed by atoms with Gasteiger partial charge in [0.2, 0.25) is 15.9 Å². The largest absolute Gasteiger partial charge is 0.369 e. The van der Waals surface area contributed by atoms with Gasteiger partial charge in [-0.25, -0.2) is 13.4 Å². The molecule has 0 aromatic carbocycles. The molecule has 0 radical (unpaired) electrons. The molecule has 1 atom stereocenters. The summed E-state index contributed by atoms with van der Waals surface area (Å²) in [4.78, 5) is 17.6. The first-order valence-corrected chi connectivity index (χ1v) is 8.93. The average Bonchev–Trinajstić information content (AvgIpc) is 3.19. The lowest BCUT2D eigenvalue weighted by molar-refractivity contribution is -0.121. The predicted molar refractivity (Wildman–Crippen MR) is 81.7 cm³/mol. The quantitative estimate of drug-likeness (QED) is 0.852. The number of nitrogens with two attached hydrogens (primary N) is 1. The summed E-state index contributed by atoms with van der Waals surface area (Å²) < 4.78 is 26.3. The molecule has 1 aromatic heterocycles. The highest BCUT2D eigenvalue weighted by Gasteiger charge is 2.29. The summed E-state index contributed by atoms with van der Waals surface area (Å²) in [6.45, 7) is 2.41. The number of pyridine rings is 1. The number of carbonyl (C=O) groups is 1. The van der Waals surface area contributed by atoms with Crippen LogP contribution in [-0.2, 0) is 14.8 Å². The second-order valence-electron chi connectivity index (χ2n) is 5.80. The highest BCUT2D eigenvalue weighted by atomic mass is 32.2. The first-order chi connectivity index (χ1) is 10.5. The van der Waals surface area contributed by atoms with Gasteiger partial charge in [0.25, 0.3) is 0 Å². The fourth-order valence-electron chi connectivity index (χ4n) is 2.99. The average molecular weight is 324 g/mol. The molecule has 3 heterocycles. The van der Waals surface area contributed by atoms with Crippen molar-refractivity contribution in [1.29, 1.82) is 0 Å². The lowest BCUT2D eigenvalue weighted by Crippen LogP contribution is -2.29. The Kier molecular flexibility index (Phi) is 4.05. The number of sulfonamides is 1. The van der Waals surface area contributed by atoms with Crippen LogP contribution in [0.4, 0.5) is 5.82 Å². The van der Waals surface area contributed by atoms with Crippen LogP contribution < -0.4 is 10.6 Å². The van der Waals surface area contributed by atoms with Crippen LogP contribution >= 0.6 is 0 Å². The van der Waals surface area contributed by atoms with E-state index in [1.54, 1.807) is 12.1 Å². The number of hydrogen-bond acceptors (Lipinski definition) is 5. The Morgan fingerprint density at radius 1 is 1.23 bits per heavy atom. The lowest BCUT2D eigenvalue weighted by Gasteiger charge is -2.18. The topological polar surface area (TPSA) is 96.6 Å². The Balaban J connectivity index is 1.74. The van der Waals surface area contributed by atoms with Gasteiger partial charge in [-0.2, -0.15) is 4.31 Å². The Morgan fingerprint density at radius 2 is 1.95 bits per heavy atom. The number of anilines is 1. The van der Waals surface area contributed by atoms with Crippen molar-refractivity contribution in [3.8, 4) is 0 Å². The molecular formula is C14H20N4O3S. The number of hydrogen-bond donors (Lipinski definition) is 1. The van der Waals surface area contributed by atoms with E-state index in [9.17, 15) is 13.2 Å². The summed E-state index contributed by atoms with van der Waals surface area (Å²) in [5.74, 6) is 0.231. The van der Waals surface area contributed by atoms with Crippen LogP contribution in [0.3, 0.4) is 0 Å². The number of aromatic nitrogens is 1. The number of rotatable bonds is 4. The molecule has 1 aromatic rings. The van der Waals surface area contributed by atoms with Gasteiger partial charge in [0, 0.05) is 32.4 Å². The van der Waals surface area contributed by atoms with Crippen molar-refractivity contribution in [2.75, 3.05) is 31.1 Å². The van der Waals surface area contributed by atoms with E-state index in [1.165, 1.54) is 10.5 Å². The van der Waals surface area contributed by atoms with Crippen molar-refractivity contribution in [3.63, 3.8) is 0 Å². The van der Waals surface area contributed by atoms with Crippen LogP contribution in [0, 0.1) is 5.92 Å². The Hall–Kier alpha value is -1.67. The normalized spacial score (nSPS) is 23.1. The molecule has 22 heavy (non-hydrogen) atoms. The zero-order chi connectivity index (χ0) is 15.7. The minimum Gasteiger partial charge on any atom is -0.369 e. The summed E-state index contributed by atoms with van der Waals surface area (Å²) in [6.07, 6.45) is 3.94. The molecule has 0 aliphatic carbocycles. The molecule has 0 saturated carbocycles. The van der Waals surface area contributed by atoms with Crippen molar-refractivity contribution >= 4 is 21.7 Å². The molecule has 0 bridgehead atoms. The maximum absolute atomic E-state index is 12.4. The number of amides is 1. The maximum Gasteiger partial charge on any atom is 0.244 e. The Bertz CT molecular complexity index is 653. The number of nitrogens with zero attached hydrogens (tertiary/aromatic N) is 3. The molecule has 8 heteroatoms. The van der Waals surface area contributed by atoms with Crippen LogP contribution in [0.15, 0.2) is 23.2 Å². The zero-order valence-corrected chi connectivity index (χ0v) is 13.1. The molecule has 2 aliphatic rings. The third-order valence-corrected chi connectivity index (χ3v) is 6.22. The van der Waals surface area contributed by atoms with Gasteiger partial charge in [0.15, 0.2) is 0 Å². The highest BCUT2D eigenvalue weighted by molar-refractivity contribution is 7.89. The molecule has 0 unspecified atom stereocenters. The molecule has 2 N–H and O–H groups in total. The van der Waals surface area contributed by atoms with Gasteiger partial charge in [0.05, 0.1) is 5.92 Å². The van der Waals surface area contributed by atoms with Gasteiger partial charge in [0.1, 0.15) is 10.7 Å². The van der Waals surface area contributed by atoms with Crippen molar-refractivity contribution in [1.82, 2.24) is 9.29 Å². The standard InChI is InChI=1S/C14H20N4O3S/c15-14(19)11-5-8-17(10-11)13-4-3-12(9-16-13)22(20,21)18-6-1-2-7-18/h3-4,9,11H,1-2,5-8,10H2,(H2,15,19)/t11-/m0/s1. The van der Waals surface area contributed by atoms with E-state index in [-0.39, 0.29) is 16.7 Å². The van der Waals surface area contributed by atoms with Crippen molar-refractivity contribution in [3.05, 3.63) is 18.3 Å². The molecule has 2 aliphatic heterocycles. The van der Waals surface area contributed by atoms with E-state index in [0.717, 1.165) is 12.8 Å². The summed E-state index contributed by atoms with van der Waals surface area (Å²) in [5.41, 5.74) is 5.32. The first kappa shape index (κ1) is 15.2. The van der Waals surface area contributed by atoms with E-state index >= 15 is 0 Å². The van der Waals surface area contributed by atoms with Crippen molar-refractivity contribution in [2.24, 2.45) is 11.7 Å². The van der Waals surface area contributed by atoms with Gasteiger partial charge in [-0.05, 0) is 31.4 Å². The predicted octanol–water partition coefficient (Wildman–Crippen LogP) is 0.178. The fraction of sp³-hybridized carbons (Fsp3) is 0.571. The number of primary amides is 1. The number of carbonyl (C=O) groups excluding carboxylic acids is 1. The van der Waals surface area contributed by atoms with Crippen LogP contribution in [-0.4, -0.2) is 49.8 Å². The van der Waals surface area contributed by atoms with Crippen molar-refractivity contribution in [2.45, 2.75) is 24.2 Å². The molecule has 3 rings (SSSR count). The third kappa shape index (κ3) is 2.80. The maximum atomic E-state index is 12.4. The van der Waals surface area contributed by atoms with E-state index in [2.05, 4.69) is 4.98 Å². The minimum atomic E-state index is -3.42. The fourth-order valence-corrected chi connectivity index (χ4v) is 4.45. The van der Waals surface area contributed by atoms with Crippen LogP contribution in [0.1, 0.15) is 19.3 Å². The molecule has 2 fully saturated rings. The molecule has 2 saturated heterocycles. The highest BCUT2D eigenvalue weighted by Crippen LogP contribution is 2.25. The summed E-state index contributed by atoms with van der Waals surface area (Å²) in [5, 5.41) is 0. The molecule has 120 valence electrons. The first-order valence-electron chi connectivity index (χ1n) is 7.49. The SMILES string of the molecule is NC(=O)[C@H]1CCN(c2ccc(S(=O)(=O)N3CCCC3)cn2)C1. The molecule has 7 nitrogen and oxygen atoms in total. The van der Waals surface area contributed by atoms with E-state index in [4.69, 9.17) is 5.73 Å². The Morgan fingerprint density at radius 3 is 2.50 bits per heavy atom. The smallest absolute Gasteiger partial charge is 0.244 e. The van der Waals surface area contributed by atoms with E-state index < -0.39 is 10.0 Å². The van der Waals surface area contributed by atoms with Gasteiger partial charge >= 0.3 is 0 Å². The van der Waals surface area contributed by atoms with Gasteiger partial charge in [-0.3, -0.25) is 4.79 Å². The van der Waals surface area contributed by atoms with Crippen molar-refractivity contribution < 1.29 is 13.2 Å². The minimum absolute atomic E-state index is 0.158. The van der Waals surface area contributed by atoms with E-state index in [1.807, 2.05) is 4.90 Å². The van der Waals surface area contributed by atoms with E-state index in [0.29, 0.717) is 38.4 Å². The van der Waals surface area contributed by atoms with Crippen LogP contribution in [0.25, 0.3) is 0 Å². The van der Waals surface area contributed by atoms with Gasteiger partial charge < -0.3 is 10.6 Å². The zero-order valence-electron chi connectivity index (χ0n) is 12.3. The van der Waals surface area contributed by atoms with Crippen LogP contribution in [0.2, 0.25) is 0 Å². The summed E-state index contributed by atoms with van der Waals surface area (Å²) in [6, 6.07) is 3.29. The van der Waals surface area contributed by atoms with Crippen LogP contribution in [0.5, 0.6) is 0 Å². The monoisotopic (exact) mass is 324 g/mol. The Labute approximate surface area is 130 Å². The van der Waals surface area contributed by atoms with Gasteiger partial charge in [-0.1, -0.05) is 0 Å². The second kappa shape index (κ2) is 5.85.